The molecular formula is C15H24O2. The van der Waals surface area contributed by atoms with Gasteiger partial charge in [-0.1, -0.05) is 19.1 Å². The molecule has 1 aliphatic carbocycles. The van der Waals surface area contributed by atoms with Crippen molar-refractivity contribution in [1.29, 1.82) is 0 Å². The predicted molar refractivity (Wildman–Crippen MR) is 69.7 cm³/mol. The predicted octanol–water partition coefficient (Wildman–Crippen LogP) is 3.55. The molecule has 1 rings (SSSR count). The van der Waals surface area contributed by atoms with E-state index >= 15 is 0 Å². The standard InChI is InChI=1S/C15H24O2/c1-10(2)13-7-5-11(3)14(15(17)9-13)8-6-12(4)16/h11,13-14H,1,5-9H2,2-4H3/t11-,13-,14-/m0/s1. The Bertz CT molecular complexity index is 317. The van der Waals surface area contributed by atoms with Gasteiger partial charge in [0.05, 0.1) is 0 Å². The average molecular weight is 236 g/mol. The lowest BCUT2D eigenvalue weighted by Crippen LogP contribution is -2.21. The summed E-state index contributed by atoms with van der Waals surface area (Å²) >= 11 is 0. The van der Waals surface area contributed by atoms with Gasteiger partial charge in [-0.3, -0.25) is 4.79 Å². The summed E-state index contributed by atoms with van der Waals surface area (Å²) in [5.41, 5.74) is 1.12. The smallest absolute Gasteiger partial charge is 0.136 e. The second-order valence-electron chi connectivity index (χ2n) is 5.62. The molecule has 0 aliphatic heterocycles. The number of rotatable bonds is 4. The summed E-state index contributed by atoms with van der Waals surface area (Å²) < 4.78 is 0. The normalized spacial score (nSPS) is 29.8. The summed E-state index contributed by atoms with van der Waals surface area (Å²) in [6.45, 7) is 9.73. The first-order chi connectivity index (χ1) is 7.91. The van der Waals surface area contributed by atoms with Crippen molar-refractivity contribution in [3.8, 4) is 0 Å². The van der Waals surface area contributed by atoms with Gasteiger partial charge in [-0.25, -0.2) is 0 Å². The Morgan fingerprint density at radius 1 is 1.35 bits per heavy atom. The van der Waals surface area contributed by atoms with Crippen LogP contribution in [-0.2, 0) is 9.59 Å². The molecule has 96 valence electrons. The molecule has 1 saturated carbocycles. The van der Waals surface area contributed by atoms with E-state index in [-0.39, 0.29) is 11.7 Å². The van der Waals surface area contributed by atoms with Crippen molar-refractivity contribution in [2.45, 2.75) is 52.9 Å². The maximum atomic E-state index is 12.2. The molecule has 17 heavy (non-hydrogen) atoms. The maximum Gasteiger partial charge on any atom is 0.136 e. The van der Waals surface area contributed by atoms with Gasteiger partial charge in [-0.2, -0.15) is 0 Å². The molecule has 0 aromatic heterocycles. The fraction of sp³-hybridized carbons (Fsp3) is 0.733. The molecular weight excluding hydrogens is 212 g/mol. The number of Topliss-reactive ketones (excluding diaryl/α,β-unsaturated/α-hetero) is 2. The number of carbonyl (C=O) groups is 2. The van der Waals surface area contributed by atoms with Gasteiger partial charge in [0, 0.05) is 18.8 Å². The lowest BCUT2D eigenvalue weighted by atomic mass is 9.84. The summed E-state index contributed by atoms with van der Waals surface area (Å²) in [6, 6.07) is 0. The van der Waals surface area contributed by atoms with E-state index in [1.807, 2.05) is 6.92 Å². The number of hydrogen-bond donors (Lipinski definition) is 0. The Kier molecular flexibility index (Phi) is 5.10. The third-order valence-corrected chi connectivity index (χ3v) is 4.02. The van der Waals surface area contributed by atoms with Crippen LogP contribution in [0.15, 0.2) is 12.2 Å². The SMILES string of the molecule is C=C(C)[C@H]1CC[C@H](C)[C@H](CCC(C)=O)C(=O)C1. The van der Waals surface area contributed by atoms with Gasteiger partial charge in [-0.15, -0.1) is 0 Å². The van der Waals surface area contributed by atoms with Crippen LogP contribution in [0.1, 0.15) is 52.9 Å². The van der Waals surface area contributed by atoms with Crippen LogP contribution in [0.4, 0.5) is 0 Å². The number of carbonyl (C=O) groups excluding carboxylic acids is 2. The molecule has 0 aromatic carbocycles. The summed E-state index contributed by atoms with van der Waals surface area (Å²) in [7, 11) is 0. The minimum Gasteiger partial charge on any atom is -0.300 e. The monoisotopic (exact) mass is 236 g/mol. The zero-order chi connectivity index (χ0) is 13.0. The molecule has 0 unspecified atom stereocenters. The molecule has 3 atom stereocenters. The Morgan fingerprint density at radius 3 is 2.53 bits per heavy atom. The molecule has 2 heteroatoms. The summed E-state index contributed by atoms with van der Waals surface area (Å²) in [6.07, 6.45) is 4.05. The summed E-state index contributed by atoms with van der Waals surface area (Å²) in [5.74, 6) is 1.37. The van der Waals surface area contributed by atoms with Crippen LogP contribution in [0.2, 0.25) is 0 Å². The van der Waals surface area contributed by atoms with Crippen molar-refractivity contribution in [3.05, 3.63) is 12.2 Å². The molecule has 1 aliphatic rings. The third kappa shape index (κ3) is 4.10. The number of hydrogen-bond acceptors (Lipinski definition) is 2. The van der Waals surface area contributed by atoms with Crippen LogP contribution >= 0.6 is 0 Å². The molecule has 0 bridgehead atoms. The van der Waals surface area contributed by atoms with Crippen molar-refractivity contribution in [3.63, 3.8) is 0 Å². The van der Waals surface area contributed by atoms with Crippen LogP contribution in [0, 0.1) is 17.8 Å². The first-order valence-electron chi connectivity index (χ1n) is 6.59. The van der Waals surface area contributed by atoms with Crippen LogP contribution < -0.4 is 0 Å². The van der Waals surface area contributed by atoms with Gasteiger partial charge in [0.15, 0.2) is 0 Å². The highest BCUT2D eigenvalue weighted by atomic mass is 16.1. The topological polar surface area (TPSA) is 34.1 Å². The minimum absolute atomic E-state index is 0.0863. The third-order valence-electron chi connectivity index (χ3n) is 4.02. The summed E-state index contributed by atoms with van der Waals surface area (Å²) in [5, 5.41) is 0. The zero-order valence-corrected chi connectivity index (χ0v) is 11.3. The van der Waals surface area contributed by atoms with Crippen LogP contribution in [0.5, 0.6) is 0 Å². The fourth-order valence-electron chi connectivity index (χ4n) is 2.70. The average Bonchev–Trinajstić information content (AvgIpc) is 2.36. The van der Waals surface area contributed by atoms with E-state index in [1.165, 1.54) is 0 Å². The van der Waals surface area contributed by atoms with E-state index in [0.29, 0.717) is 30.5 Å². The van der Waals surface area contributed by atoms with Crippen molar-refractivity contribution < 1.29 is 9.59 Å². The molecule has 0 spiro atoms. The largest absolute Gasteiger partial charge is 0.300 e. The lowest BCUT2D eigenvalue weighted by molar-refractivity contribution is -0.125. The van der Waals surface area contributed by atoms with E-state index in [0.717, 1.165) is 24.8 Å². The van der Waals surface area contributed by atoms with E-state index in [2.05, 4.69) is 13.5 Å². The van der Waals surface area contributed by atoms with Crippen molar-refractivity contribution in [2.24, 2.45) is 17.8 Å². The molecule has 2 nitrogen and oxygen atoms in total. The summed E-state index contributed by atoms with van der Waals surface area (Å²) in [4.78, 5) is 23.2. The van der Waals surface area contributed by atoms with Gasteiger partial charge in [0.2, 0.25) is 0 Å². The first-order valence-corrected chi connectivity index (χ1v) is 6.59. The van der Waals surface area contributed by atoms with Crippen LogP contribution in [-0.4, -0.2) is 11.6 Å². The Hall–Kier alpha value is -0.920. The van der Waals surface area contributed by atoms with Crippen LogP contribution in [0.3, 0.4) is 0 Å². The minimum atomic E-state index is 0.0863. The number of allylic oxidation sites excluding steroid dienone is 1. The Morgan fingerprint density at radius 2 is 2.00 bits per heavy atom. The second kappa shape index (κ2) is 6.13. The van der Waals surface area contributed by atoms with E-state index in [1.54, 1.807) is 6.92 Å². The van der Waals surface area contributed by atoms with Crippen molar-refractivity contribution in [1.82, 2.24) is 0 Å². The van der Waals surface area contributed by atoms with Gasteiger partial charge < -0.3 is 4.79 Å². The molecule has 0 heterocycles. The fourth-order valence-corrected chi connectivity index (χ4v) is 2.70. The van der Waals surface area contributed by atoms with Gasteiger partial charge in [-0.05, 0) is 44.9 Å². The van der Waals surface area contributed by atoms with Gasteiger partial charge in [0.1, 0.15) is 11.6 Å². The van der Waals surface area contributed by atoms with Crippen LogP contribution in [0.25, 0.3) is 0 Å². The number of ketones is 2. The highest BCUT2D eigenvalue weighted by Crippen LogP contribution is 2.34. The second-order valence-corrected chi connectivity index (χ2v) is 5.62. The molecule has 0 N–H and O–H groups in total. The van der Waals surface area contributed by atoms with E-state index in [9.17, 15) is 9.59 Å². The van der Waals surface area contributed by atoms with E-state index < -0.39 is 0 Å². The van der Waals surface area contributed by atoms with Gasteiger partial charge in [0.25, 0.3) is 0 Å². The molecule has 0 amide bonds. The van der Waals surface area contributed by atoms with Crippen molar-refractivity contribution >= 4 is 11.6 Å². The van der Waals surface area contributed by atoms with E-state index in [4.69, 9.17) is 0 Å². The Balaban J connectivity index is 2.67. The Labute approximate surface area is 104 Å². The molecule has 1 fully saturated rings. The van der Waals surface area contributed by atoms with Crippen molar-refractivity contribution in [2.75, 3.05) is 0 Å². The van der Waals surface area contributed by atoms with Gasteiger partial charge >= 0.3 is 0 Å². The lowest BCUT2D eigenvalue weighted by Gasteiger charge is -2.19. The highest BCUT2D eigenvalue weighted by molar-refractivity contribution is 5.83. The molecule has 0 aromatic rings. The molecule has 0 saturated heterocycles. The molecule has 0 radical (unpaired) electrons. The quantitative estimate of drug-likeness (QED) is 0.552. The first kappa shape index (κ1) is 14.1. The zero-order valence-electron chi connectivity index (χ0n) is 11.3. The maximum absolute atomic E-state index is 12.2. The highest BCUT2D eigenvalue weighted by Gasteiger charge is 2.31.